The average Bonchev–Trinajstić information content (AvgIpc) is 2.36. The fraction of sp³-hybridized carbons (Fsp3) is 0.500. The number of primary amides is 1. The Morgan fingerprint density at radius 1 is 1.48 bits per heavy atom. The summed E-state index contributed by atoms with van der Waals surface area (Å²) >= 11 is 0. The van der Waals surface area contributed by atoms with Gasteiger partial charge in [0.25, 0.3) is 0 Å². The summed E-state index contributed by atoms with van der Waals surface area (Å²) in [5.74, 6) is -2.61. The standard InChI is InChI=1S/C14H18F3N3O/c15-14(16,17)11(8-18)12(19)6-5-9-3-1-2-4-10(9)7-13(20)21/h1,3,8,11,18-19H,2,4-7H2,(H2,20,21). The second-order valence-electron chi connectivity index (χ2n) is 4.92. The molecule has 0 fully saturated rings. The van der Waals surface area contributed by atoms with Crippen LogP contribution in [0.5, 0.6) is 0 Å². The minimum absolute atomic E-state index is 0.0957. The van der Waals surface area contributed by atoms with Gasteiger partial charge in [-0.25, -0.2) is 0 Å². The maximum Gasteiger partial charge on any atom is 0.401 e. The Hall–Kier alpha value is -1.92. The molecule has 0 spiro atoms. The molecule has 1 amide bonds. The van der Waals surface area contributed by atoms with Crippen LogP contribution < -0.4 is 5.73 Å². The van der Waals surface area contributed by atoms with E-state index in [1.54, 1.807) is 6.08 Å². The third-order valence-corrected chi connectivity index (χ3v) is 3.33. The molecular formula is C14H18F3N3O. The fourth-order valence-electron chi connectivity index (χ4n) is 2.25. The molecule has 1 aliphatic carbocycles. The molecule has 7 heteroatoms. The molecule has 0 aromatic carbocycles. The SMILES string of the molecule is N=CC(C(=N)CCC1=C(CC(N)=O)CCC=C1)C(F)(F)F. The normalized spacial score (nSPS) is 16.7. The van der Waals surface area contributed by atoms with Gasteiger partial charge in [0.05, 0.1) is 0 Å². The lowest BCUT2D eigenvalue weighted by atomic mass is 9.90. The molecule has 0 aromatic rings. The van der Waals surface area contributed by atoms with E-state index in [0.29, 0.717) is 6.42 Å². The summed E-state index contributed by atoms with van der Waals surface area (Å²) in [6.07, 6.45) is 0.998. The second kappa shape index (κ2) is 7.19. The molecule has 1 aliphatic rings. The van der Waals surface area contributed by atoms with Crippen LogP contribution in [0.3, 0.4) is 0 Å². The van der Waals surface area contributed by atoms with Gasteiger partial charge < -0.3 is 16.6 Å². The van der Waals surface area contributed by atoms with Gasteiger partial charge in [-0.2, -0.15) is 13.2 Å². The average molecular weight is 301 g/mol. The van der Waals surface area contributed by atoms with Gasteiger partial charge in [0.1, 0.15) is 5.92 Å². The molecule has 0 aromatic heterocycles. The van der Waals surface area contributed by atoms with Crippen molar-refractivity contribution < 1.29 is 18.0 Å². The molecule has 0 bridgehead atoms. The van der Waals surface area contributed by atoms with E-state index < -0.39 is 23.7 Å². The highest BCUT2D eigenvalue weighted by Gasteiger charge is 2.40. The number of hydrogen-bond acceptors (Lipinski definition) is 3. The fourth-order valence-corrected chi connectivity index (χ4v) is 2.25. The minimum Gasteiger partial charge on any atom is -0.369 e. The van der Waals surface area contributed by atoms with Gasteiger partial charge in [0.15, 0.2) is 0 Å². The van der Waals surface area contributed by atoms with Gasteiger partial charge in [0, 0.05) is 18.3 Å². The van der Waals surface area contributed by atoms with Crippen molar-refractivity contribution >= 4 is 17.8 Å². The van der Waals surface area contributed by atoms with Crippen LogP contribution in [0.25, 0.3) is 0 Å². The monoisotopic (exact) mass is 301 g/mol. The van der Waals surface area contributed by atoms with Gasteiger partial charge >= 0.3 is 6.18 Å². The molecule has 0 heterocycles. The highest BCUT2D eigenvalue weighted by molar-refractivity contribution is 5.96. The molecule has 1 rings (SSSR count). The number of alkyl halides is 3. The summed E-state index contributed by atoms with van der Waals surface area (Å²) < 4.78 is 37.8. The molecule has 4 nitrogen and oxygen atoms in total. The third kappa shape index (κ3) is 5.17. The van der Waals surface area contributed by atoms with E-state index in [-0.39, 0.29) is 25.5 Å². The second-order valence-corrected chi connectivity index (χ2v) is 4.92. The molecule has 1 atom stereocenters. The Balaban J connectivity index is 2.74. The van der Waals surface area contributed by atoms with Crippen LogP contribution in [0, 0.1) is 16.7 Å². The first-order valence-corrected chi connectivity index (χ1v) is 6.56. The third-order valence-electron chi connectivity index (χ3n) is 3.33. The smallest absolute Gasteiger partial charge is 0.369 e. The number of rotatable bonds is 7. The van der Waals surface area contributed by atoms with Crippen LogP contribution >= 0.6 is 0 Å². The molecule has 0 saturated heterocycles. The predicted octanol–water partition coefficient (Wildman–Crippen LogP) is 3.14. The zero-order valence-corrected chi connectivity index (χ0v) is 11.5. The van der Waals surface area contributed by atoms with Crippen molar-refractivity contribution in [3.8, 4) is 0 Å². The summed E-state index contributed by atoms with van der Waals surface area (Å²) in [6.45, 7) is 0. The van der Waals surface area contributed by atoms with Gasteiger partial charge in [-0.15, -0.1) is 0 Å². The van der Waals surface area contributed by atoms with Gasteiger partial charge in [-0.1, -0.05) is 17.7 Å². The topological polar surface area (TPSA) is 90.8 Å². The molecule has 0 saturated carbocycles. The van der Waals surface area contributed by atoms with Crippen molar-refractivity contribution in [3.63, 3.8) is 0 Å². The lowest BCUT2D eigenvalue weighted by Crippen LogP contribution is -2.31. The molecule has 1 unspecified atom stereocenters. The summed E-state index contributed by atoms with van der Waals surface area (Å²) in [5.41, 5.74) is 6.21. The zero-order chi connectivity index (χ0) is 16.0. The van der Waals surface area contributed by atoms with E-state index in [2.05, 4.69) is 0 Å². The first-order chi connectivity index (χ1) is 9.75. The van der Waals surface area contributed by atoms with E-state index in [9.17, 15) is 18.0 Å². The Morgan fingerprint density at radius 3 is 2.67 bits per heavy atom. The first kappa shape index (κ1) is 17.1. The number of allylic oxidation sites excluding steroid dienone is 3. The van der Waals surface area contributed by atoms with Crippen LogP contribution in [0.15, 0.2) is 23.3 Å². The van der Waals surface area contributed by atoms with Crippen molar-refractivity contribution in [1.82, 2.24) is 0 Å². The van der Waals surface area contributed by atoms with Gasteiger partial charge in [0.2, 0.25) is 5.91 Å². The number of amides is 1. The lowest BCUT2D eigenvalue weighted by molar-refractivity contribution is -0.138. The quantitative estimate of drug-likeness (QED) is 0.619. The maximum absolute atomic E-state index is 12.6. The van der Waals surface area contributed by atoms with Crippen LogP contribution in [0.4, 0.5) is 13.2 Å². The van der Waals surface area contributed by atoms with Crippen LogP contribution in [-0.2, 0) is 4.79 Å². The van der Waals surface area contributed by atoms with E-state index in [0.717, 1.165) is 17.6 Å². The Bertz CT molecular complexity index is 492. The number of hydrogen-bond donors (Lipinski definition) is 3. The zero-order valence-electron chi connectivity index (χ0n) is 11.5. The van der Waals surface area contributed by atoms with Crippen LogP contribution in [0.1, 0.15) is 32.1 Å². The van der Waals surface area contributed by atoms with Crippen molar-refractivity contribution in [2.45, 2.75) is 38.3 Å². The highest BCUT2D eigenvalue weighted by Crippen LogP contribution is 2.29. The predicted molar refractivity (Wildman–Crippen MR) is 74.5 cm³/mol. The van der Waals surface area contributed by atoms with Gasteiger partial charge in [-0.05, 0) is 31.3 Å². The van der Waals surface area contributed by atoms with Crippen molar-refractivity contribution in [2.24, 2.45) is 11.7 Å². The van der Waals surface area contributed by atoms with Crippen molar-refractivity contribution in [3.05, 3.63) is 23.3 Å². The molecular weight excluding hydrogens is 283 g/mol. The Labute approximate surface area is 120 Å². The summed E-state index contributed by atoms with van der Waals surface area (Å²) in [6, 6.07) is 0. The van der Waals surface area contributed by atoms with E-state index in [1.165, 1.54) is 0 Å². The van der Waals surface area contributed by atoms with E-state index >= 15 is 0 Å². The number of nitrogens with one attached hydrogen (secondary N) is 2. The first-order valence-electron chi connectivity index (χ1n) is 6.56. The van der Waals surface area contributed by atoms with Crippen molar-refractivity contribution in [2.75, 3.05) is 0 Å². The van der Waals surface area contributed by atoms with E-state index in [4.69, 9.17) is 16.6 Å². The molecule has 0 aliphatic heterocycles. The van der Waals surface area contributed by atoms with Crippen LogP contribution in [-0.4, -0.2) is 24.0 Å². The number of halogens is 3. The summed E-state index contributed by atoms with van der Waals surface area (Å²) in [5, 5.41) is 14.3. The minimum atomic E-state index is -4.61. The number of nitrogens with two attached hydrogens (primary N) is 1. The molecule has 0 radical (unpaired) electrons. The molecule has 116 valence electrons. The molecule has 4 N–H and O–H groups in total. The van der Waals surface area contributed by atoms with Crippen molar-refractivity contribution in [1.29, 1.82) is 10.8 Å². The Kier molecular flexibility index (Phi) is 5.87. The number of carbonyl (C=O) groups is 1. The largest absolute Gasteiger partial charge is 0.401 e. The highest BCUT2D eigenvalue weighted by atomic mass is 19.4. The summed E-state index contributed by atoms with van der Waals surface area (Å²) in [4.78, 5) is 11.0. The lowest BCUT2D eigenvalue weighted by Gasteiger charge is -2.19. The molecule has 21 heavy (non-hydrogen) atoms. The maximum atomic E-state index is 12.6. The summed E-state index contributed by atoms with van der Waals surface area (Å²) in [7, 11) is 0. The van der Waals surface area contributed by atoms with Gasteiger partial charge in [-0.3, -0.25) is 4.79 Å². The van der Waals surface area contributed by atoms with Crippen LogP contribution in [0.2, 0.25) is 0 Å². The Morgan fingerprint density at radius 2 is 2.14 bits per heavy atom. The number of carbonyl (C=O) groups excluding carboxylic acids is 1. The van der Waals surface area contributed by atoms with E-state index in [1.807, 2.05) is 6.08 Å².